The monoisotopic (exact) mass is 548 g/mol. The van der Waals surface area contributed by atoms with Gasteiger partial charge in [-0.3, -0.25) is 4.90 Å². The van der Waals surface area contributed by atoms with Gasteiger partial charge in [0.1, 0.15) is 17.4 Å². The lowest BCUT2D eigenvalue weighted by molar-refractivity contribution is -0.0498. The van der Waals surface area contributed by atoms with Crippen LogP contribution in [0.25, 0.3) is 11.1 Å². The van der Waals surface area contributed by atoms with Gasteiger partial charge in [-0.15, -0.1) is 0 Å². The van der Waals surface area contributed by atoms with Crippen LogP contribution in [0, 0.1) is 11.2 Å². The number of alkyl halides is 3. The Bertz CT molecular complexity index is 1330. The third-order valence-electron chi connectivity index (χ3n) is 8.04. The molecule has 8 nitrogen and oxygen atoms in total. The van der Waals surface area contributed by atoms with Gasteiger partial charge in [-0.05, 0) is 81.5 Å². The lowest BCUT2D eigenvalue weighted by atomic mass is 9.53. The molecule has 0 aliphatic heterocycles. The number of halogens is 4. The summed E-state index contributed by atoms with van der Waals surface area (Å²) in [5, 5.41) is 14.2. The molecule has 3 fully saturated rings. The van der Waals surface area contributed by atoms with Crippen LogP contribution in [0.1, 0.15) is 64.1 Å². The van der Waals surface area contributed by atoms with Crippen LogP contribution in [-0.2, 0) is 11.1 Å². The molecule has 0 saturated heterocycles. The van der Waals surface area contributed by atoms with Crippen molar-refractivity contribution in [1.29, 1.82) is 0 Å². The van der Waals surface area contributed by atoms with Crippen molar-refractivity contribution in [2.75, 3.05) is 11.4 Å². The fraction of sp³-hybridized carbons (Fsp3) is 0.481. The van der Waals surface area contributed by atoms with Crippen molar-refractivity contribution in [3.8, 4) is 16.9 Å². The van der Waals surface area contributed by atoms with E-state index in [1.165, 1.54) is 44.2 Å². The number of hydrogen-bond acceptors (Lipinski definition) is 6. The second kappa shape index (κ2) is 9.80. The van der Waals surface area contributed by atoms with E-state index in [0.29, 0.717) is 49.9 Å². The largest absolute Gasteiger partial charge is 0.465 e. The Balaban J connectivity index is 1.35. The summed E-state index contributed by atoms with van der Waals surface area (Å²) < 4.78 is 63.4. The standard InChI is InChI=1S/C27H28F4N4O4/c1-25(2,31)22-33-21(34-39-22)27-10-7-26(8-11-27,9-12-27)15-35(24(36)37)20-13-18(19(28)14-32-20)16-3-5-17(6-4-16)38-23(29)30/h3-6,13-14,23H,7-12,15H2,1-2H3,(H,36,37). The zero-order valence-corrected chi connectivity index (χ0v) is 21.5. The molecule has 3 aliphatic carbocycles. The predicted octanol–water partition coefficient (Wildman–Crippen LogP) is 6.85. The fourth-order valence-corrected chi connectivity index (χ4v) is 5.71. The Hall–Kier alpha value is -3.70. The van der Waals surface area contributed by atoms with Crippen molar-refractivity contribution in [2.24, 2.45) is 5.41 Å². The number of anilines is 1. The van der Waals surface area contributed by atoms with E-state index in [0.717, 1.165) is 11.1 Å². The Kier molecular flexibility index (Phi) is 6.76. The molecule has 2 aromatic heterocycles. The molecule has 1 amide bonds. The highest BCUT2D eigenvalue weighted by Crippen LogP contribution is 2.57. The van der Waals surface area contributed by atoms with Crippen LogP contribution in [0.5, 0.6) is 5.75 Å². The molecular weight excluding hydrogens is 520 g/mol. The molecule has 3 aliphatic rings. The first-order chi connectivity index (χ1) is 18.4. The normalized spacial score (nSPS) is 22.7. The summed E-state index contributed by atoms with van der Waals surface area (Å²) in [6.07, 6.45) is 3.99. The van der Waals surface area contributed by atoms with Crippen molar-refractivity contribution in [3.05, 3.63) is 54.1 Å². The first-order valence-corrected chi connectivity index (χ1v) is 12.6. The van der Waals surface area contributed by atoms with Crippen molar-refractivity contribution in [3.63, 3.8) is 0 Å². The summed E-state index contributed by atoms with van der Waals surface area (Å²) in [5.41, 5.74) is -1.93. The van der Waals surface area contributed by atoms with Gasteiger partial charge in [0.15, 0.2) is 11.5 Å². The molecule has 0 spiro atoms. The number of pyridine rings is 1. The van der Waals surface area contributed by atoms with Crippen LogP contribution in [-0.4, -0.2) is 39.5 Å². The van der Waals surface area contributed by atoms with Gasteiger partial charge in [-0.25, -0.2) is 18.6 Å². The van der Waals surface area contributed by atoms with E-state index in [4.69, 9.17) is 4.52 Å². The van der Waals surface area contributed by atoms with E-state index >= 15 is 0 Å². The summed E-state index contributed by atoms with van der Waals surface area (Å²) >= 11 is 0. The molecule has 1 aromatic carbocycles. The third kappa shape index (κ3) is 5.28. The molecule has 6 rings (SSSR count). The summed E-state index contributed by atoms with van der Waals surface area (Å²) in [6.45, 7) is -0.0883. The Morgan fingerprint density at radius 3 is 2.33 bits per heavy atom. The molecule has 39 heavy (non-hydrogen) atoms. The molecule has 2 bridgehead atoms. The minimum absolute atomic E-state index is 0.0549. The Morgan fingerprint density at radius 2 is 1.79 bits per heavy atom. The number of aromatic nitrogens is 3. The zero-order valence-electron chi connectivity index (χ0n) is 21.5. The average molecular weight is 549 g/mol. The van der Waals surface area contributed by atoms with Gasteiger partial charge in [0, 0.05) is 17.5 Å². The predicted molar refractivity (Wildman–Crippen MR) is 132 cm³/mol. The number of fused-ring (bicyclic) bond motifs is 3. The van der Waals surface area contributed by atoms with E-state index in [1.54, 1.807) is 0 Å². The van der Waals surface area contributed by atoms with Gasteiger partial charge in [0.05, 0.1) is 6.20 Å². The molecule has 12 heteroatoms. The van der Waals surface area contributed by atoms with Gasteiger partial charge >= 0.3 is 12.7 Å². The Labute approximate surface area is 222 Å². The maximum Gasteiger partial charge on any atom is 0.413 e. The summed E-state index contributed by atoms with van der Waals surface area (Å²) in [7, 11) is 0. The molecule has 2 heterocycles. The quantitative estimate of drug-likeness (QED) is 0.307. The SMILES string of the molecule is CC(C)(F)c1nc(C23CCC(CN(C(=O)O)c4cc(-c5ccc(OC(F)F)cc5)c(F)cn4)(CC2)CC3)no1. The van der Waals surface area contributed by atoms with Crippen LogP contribution in [0.15, 0.2) is 41.1 Å². The van der Waals surface area contributed by atoms with Gasteiger partial charge in [-0.2, -0.15) is 13.8 Å². The summed E-state index contributed by atoms with van der Waals surface area (Å²) in [6, 6.07) is 6.75. The molecule has 3 saturated carbocycles. The highest BCUT2D eigenvalue weighted by Gasteiger charge is 2.53. The van der Waals surface area contributed by atoms with E-state index in [-0.39, 0.29) is 40.4 Å². The summed E-state index contributed by atoms with van der Waals surface area (Å²) in [5.74, 6) is -0.245. The van der Waals surface area contributed by atoms with Crippen LogP contribution in [0.2, 0.25) is 0 Å². The molecule has 3 aromatic rings. The van der Waals surface area contributed by atoms with Gasteiger partial charge in [0.25, 0.3) is 5.89 Å². The van der Waals surface area contributed by atoms with Gasteiger partial charge in [0.2, 0.25) is 0 Å². The van der Waals surface area contributed by atoms with Crippen LogP contribution in [0.3, 0.4) is 0 Å². The van der Waals surface area contributed by atoms with E-state index in [2.05, 4.69) is 19.9 Å². The Morgan fingerprint density at radius 1 is 1.15 bits per heavy atom. The van der Waals surface area contributed by atoms with Crippen molar-refractivity contribution >= 4 is 11.9 Å². The lowest BCUT2D eigenvalue weighted by Gasteiger charge is -2.53. The maximum atomic E-state index is 14.7. The summed E-state index contributed by atoms with van der Waals surface area (Å²) in [4.78, 5) is 21.9. The van der Waals surface area contributed by atoms with Crippen LogP contribution >= 0.6 is 0 Å². The minimum Gasteiger partial charge on any atom is -0.465 e. The molecule has 208 valence electrons. The number of benzene rings is 1. The van der Waals surface area contributed by atoms with Crippen molar-refractivity contribution < 1.29 is 36.7 Å². The zero-order chi connectivity index (χ0) is 28.0. The second-order valence-corrected chi connectivity index (χ2v) is 11.0. The van der Waals surface area contributed by atoms with Crippen molar-refractivity contribution in [1.82, 2.24) is 15.1 Å². The number of carbonyl (C=O) groups is 1. The van der Waals surface area contributed by atoms with Crippen LogP contribution in [0.4, 0.5) is 28.2 Å². The smallest absolute Gasteiger partial charge is 0.413 e. The topological polar surface area (TPSA) is 102 Å². The maximum absolute atomic E-state index is 14.7. The number of ether oxygens (including phenoxy) is 1. The van der Waals surface area contributed by atoms with Gasteiger partial charge in [-0.1, -0.05) is 17.3 Å². The van der Waals surface area contributed by atoms with E-state index in [9.17, 15) is 27.5 Å². The molecule has 0 atom stereocenters. The molecule has 0 radical (unpaired) electrons. The van der Waals surface area contributed by atoms with Gasteiger partial charge < -0.3 is 14.4 Å². The first kappa shape index (κ1) is 26.9. The average Bonchev–Trinajstić information content (AvgIpc) is 3.41. The lowest BCUT2D eigenvalue weighted by Crippen LogP contribution is -2.51. The number of nitrogens with zero attached hydrogens (tertiary/aromatic N) is 4. The number of carboxylic acid groups (broad SMARTS) is 1. The van der Waals surface area contributed by atoms with E-state index in [1.807, 2.05) is 0 Å². The highest BCUT2D eigenvalue weighted by molar-refractivity contribution is 5.86. The molecule has 1 N–H and O–H groups in total. The molecular formula is C27H28F4N4O4. The number of rotatable bonds is 8. The van der Waals surface area contributed by atoms with Crippen molar-refractivity contribution in [2.45, 2.75) is 70.1 Å². The number of amides is 1. The first-order valence-electron chi connectivity index (χ1n) is 12.6. The van der Waals surface area contributed by atoms with Crippen LogP contribution < -0.4 is 9.64 Å². The molecule has 0 unspecified atom stereocenters. The fourth-order valence-electron chi connectivity index (χ4n) is 5.71. The minimum atomic E-state index is -2.99. The third-order valence-corrected chi connectivity index (χ3v) is 8.04. The van der Waals surface area contributed by atoms with E-state index < -0.39 is 24.2 Å². The number of hydrogen-bond donors (Lipinski definition) is 1. The highest BCUT2D eigenvalue weighted by atomic mass is 19.3. The second-order valence-electron chi connectivity index (χ2n) is 11.0.